The first-order valence-corrected chi connectivity index (χ1v) is 9.87. The van der Waals surface area contributed by atoms with Crippen LogP contribution in [0.15, 0.2) is 30.5 Å². The largest absolute Gasteiger partial charge is 0.480 e. The molecule has 0 fully saturated rings. The number of fused-ring (bicyclic) bond motifs is 2. The monoisotopic (exact) mass is 390 g/mol. The summed E-state index contributed by atoms with van der Waals surface area (Å²) >= 11 is 0. The van der Waals surface area contributed by atoms with Gasteiger partial charge < -0.3 is 14.2 Å². The lowest BCUT2D eigenvalue weighted by Crippen LogP contribution is -2.40. The molecule has 0 N–H and O–H groups in total. The van der Waals surface area contributed by atoms with Crippen LogP contribution in [-0.2, 0) is 19.4 Å². The Hall–Kier alpha value is -3.29. The summed E-state index contributed by atoms with van der Waals surface area (Å²) in [6, 6.07) is 7.71. The third-order valence-electron chi connectivity index (χ3n) is 5.64. The highest BCUT2D eigenvalue weighted by Crippen LogP contribution is 2.31. The summed E-state index contributed by atoms with van der Waals surface area (Å²) in [6.45, 7) is 3.02. The number of aryl methyl sites for hydroxylation is 2. The Morgan fingerprint density at radius 1 is 1.24 bits per heavy atom. The first-order chi connectivity index (χ1) is 14.2. The van der Waals surface area contributed by atoms with Crippen LogP contribution in [-0.4, -0.2) is 49.2 Å². The third kappa shape index (κ3) is 2.95. The van der Waals surface area contributed by atoms with E-state index in [1.54, 1.807) is 18.2 Å². The number of carbonyl (C=O) groups is 1. The molecule has 0 spiro atoms. The highest BCUT2D eigenvalue weighted by atomic mass is 16.5. The van der Waals surface area contributed by atoms with Crippen molar-refractivity contribution in [3.63, 3.8) is 0 Å². The van der Waals surface area contributed by atoms with E-state index < -0.39 is 0 Å². The van der Waals surface area contributed by atoms with Crippen LogP contribution in [0, 0.1) is 0 Å². The molecule has 8 nitrogen and oxygen atoms in total. The van der Waals surface area contributed by atoms with Gasteiger partial charge in [-0.05, 0) is 49.9 Å². The molecule has 3 aromatic heterocycles. The molecule has 1 aliphatic heterocycles. The second kappa shape index (κ2) is 6.95. The summed E-state index contributed by atoms with van der Waals surface area (Å²) in [5.41, 5.74) is 3.51. The molecular formula is C21H22N6O2. The highest BCUT2D eigenvalue weighted by Gasteiger charge is 2.32. The van der Waals surface area contributed by atoms with Crippen LogP contribution < -0.4 is 4.74 Å². The van der Waals surface area contributed by atoms with Gasteiger partial charge in [0, 0.05) is 18.4 Å². The fraction of sp³-hybridized carbons (Fsp3) is 0.381. The SMILES string of the molecule is COc1nc2c(cc1C(=O)N1Cc3nnc(-c4ccccn4)n3[C@@H](C)C1)CCC2. The van der Waals surface area contributed by atoms with E-state index in [0.29, 0.717) is 24.5 Å². The Labute approximate surface area is 168 Å². The molecule has 4 heterocycles. The summed E-state index contributed by atoms with van der Waals surface area (Å²) in [5.74, 6) is 1.82. The van der Waals surface area contributed by atoms with E-state index >= 15 is 0 Å². The van der Waals surface area contributed by atoms with Crippen LogP contribution in [0.5, 0.6) is 5.88 Å². The number of pyridine rings is 2. The van der Waals surface area contributed by atoms with E-state index in [2.05, 4.69) is 31.7 Å². The molecule has 2 aliphatic rings. The van der Waals surface area contributed by atoms with Crippen molar-refractivity contribution in [2.75, 3.05) is 13.7 Å². The third-order valence-corrected chi connectivity index (χ3v) is 5.64. The minimum absolute atomic E-state index is 0.0306. The Bertz CT molecular complexity index is 1080. The lowest BCUT2D eigenvalue weighted by Gasteiger charge is -2.32. The maximum atomic E-state index is 13.3. The minimum atomic E-state index is -0.0791. The molecule has 8 heteroatoms. The number of ether oxygens (including phenoxy) is 1. The van der Waals surface area contributed by atoms with Gasteiger partial charge in [0.15, 0.2) is 11.6 Å². The average Bonchev–Trinajstić information content (AvgIpc) is 3.39. The second-order valence-electron chi connectivity index (χ2n) is 7.56. The standard InChI is InChI=1S/C21H22N6O2/c1-13-11-26(12-18-24-25-19(27(13)18)17-7-3-4-9-22-17)21(28)15-10-14-6-5-8-16(14)23-20(15)29-2/h3-4,7,9-10,13H,5-6,8,11-12H2,1-2H3/t13-/m0/s1. The van der Waals surface area contributed by atoms with Gasteiger partial charge in [0.25, 0.3) is 5.91 Å². The number of hydrogen-bond acceptors (Lipinski definition) is 6. The first kappa shape index (κ1) is 17.8. The maximum absolute atomic E-state index is 13.3. The zero-order valence-corrected chi connectivity index (χ0v) is 16.5. The Kier molecular flexibility index (Phi) is 4.26. The zero-order valence-electron chi connectivity index (χ0n) is 16.5. The van der Waals surface area contributed by atoms with Crippen molar-refractivity contribution in [2.45, 2.75) is 38.8 Å². The van der Waals surface area contributed by atoms with Gasteiger partial charge in [0.05, 0.1) is 19.7 Å². The summed E-state index contributed by atoms with van der Waals surface area (Å²) in [5, 5.41) is 8.68. The van der Waals surface area contributed by atoms with Crippen LogP contribution in [0.25, 0.3) is 11.5 Å². The first-order valence-electron chi connectivity index (χ1n) is 9.87. The smallest absolute Gasteiger partial charge is 0.259 e. The fourth-order valence-corrected chi connectivity index (χ4v) is 4.29. The summed E-state index contributed by atoms with van der Waals surface area (Å²) in [4.78, 5) is 24.1. The molecule has 29 heavy (non-hydrogen) atoms. The van der Waals surface area contributed by atoms with Crippen molar-refractivity contribution in [1.82, 2.24) is 29.6 Å². The molecule has 148 valence electrons. The Balaban J connectivity index is 1.47. The van der Waals surface area contributed by atoms with Gasteiger partial charge in [0.2, 0.25) is 5.88 Å². The van der Waals surface area contributed by atoms with E-state index in [-0.39, 0.29) is 11.9 Å². The lowest BCUT2D eigenvalue weighted by atomic mass is 10.1. The summed E-state index contributed by atoms with van der Waals surface area (Å²) in [6.07, 6.45) is 4.72. The molecular weight excluding hydrogens is 368 g/mol. The predicted octanol–water partition coefficient (Wildman–Crippen LogP) is 2.45. The number of rotatable bonds is 3. The van der Waals surface area contributed by atoms with Crippen LogP contribution in [0.4, 0.5) is 0 Å². The summed E-state index contributed by atoms with van der Waals surface area (Å²) in [7, 11) is 1.56. The van der Waals surface area contributed by atoms with E-state index in [9.17, 15) is 4.79 Å². The Morgan fingerprint density at radius 3 is 2.93 bits per heavy atom. The summed E-state index contributed by atoms with van der Waals surface area (Å²) < 4.78 is 7.51. The zero-order chi connectivity index (χ0) is 20.0. The topological polar surface area (TPSA) is 86.0 Å². The van der Waals surface area contributed by atoms with E-state index in [4.69, 9.17) is 4.74 Å². The molecule has 0 unspecified atom stereocenters. The number of amides is 1. The van der Waals surface area contributed by atoms with Crippen molar-refractivity contribution < 1.29 is 9.53 Å². The number of aromatic nitrogens is 5. The molecule has 0 bridgehead atoms. The second-order valence-corrected chi connectivity index (χ2v) is 7.56. The quantitative estimate of drug-likeness (QED) is 0.683. The van der Waals surface area contributed by atoms with Crippen LogP contribution in [0.1, 0.15) is 46.8 Å². The van der Waals surface area contributed by atoms with Crippen molar-refractivity contribution in [1.29, 1.82) is 0 Å². The number of carbonyl (C=O) groups excluding carboxylic acids is 1. The molecule has 0 radical (unpaired) electrons. The van der Waals surface area contributed by atoms with Gasteiger partial charge in [-0.2, -0.15) is 0 Å². The number of hydrogen-bond donors (Lipinski definition) is 0. The molecule has 1 amide bonds. The molecule has 0 saturated heterocycles. The maximum Gasteiger partial charge on any atom is 0.259 e. The minimum Gasteiger partial charge on any atom is -0.480 e. The van der Waals surface area contributed by atoms with E-state index in [1.807, 2.05) is 24.3 Å². The molecule has 3 aromatic rings. The van der Waals surface area contributed by atoms with Crippen molar-refractivity contribution in [3.05, 3.63) is 53.1 Å². The molecule has 1 atom stereocenters. The van der Waals surface area contributed by atoms with Gasteiger partial charge in [-0.15, -0.1) is 10.2 Å². The van der Waals surface area contributed by atoms with Crippen LogP contribution in [0.3, 0.4) is 0 Å². The van der Waals surface area contributed by atoms with Crippen LogP contribution in [0.2, 0.25) is 0 Å². The van der Waals surface area contributed by atoms with E-state index in [1.165, 1.54) is 0 Å². The molecule has 0 saturated carbocycles. The van der Waals surface area contributed by atoms with Gasteiger partial charge in [-0.1, -0.05) is 6.07 Å². The van der Waals surface area contributed by atoms with Crippen molar-refractivity contribution in [2.24, 2.45) is 0 Å². The Morgan fingerprint density at radius 2 is 2.14 bits per heavy atom. The van der Waals surface area contributed by atoms with Crippen LogP contribution >= 0.6 is 0 Å². The fourth-order valence-electron chi connectivity index (χ4n) is 4.29. The van der Waals surface area contributed by atoms with Crippen molar-refractivity contribution in [3.8, 4) is 17.4 Å². The van der Waals surface area contributed by atoms with Gasteiger partial charge in [0.1, 0.15) is 11.3 Å². The normalized spacial score (nSPS) is 17.7. The van der Waals surface area contributed by atoms with Gasteiger partial charge in [-0.3, -0.25) is 9.78 Å². The lowest BCUT2D eigenvalue weighted by molar-refractivity contribution is 0.0677. The van der Waals surface area contributed by atoms with Gasteiger partial charge >= 0.3 is 0 Å². The predicted molar refractivity (Wildman–Crippen MR) is 106 cm³/mol. The molecule has 1 aliphatic carbocycles. The highest BCUT2D eigenvalue weighted by molar-refractivity contribution is 5.96. The number of nitrogens with zero attached hydrogens (tertiary/aromatic N) is 6. The van der Waals surface area contributed by atoms with E-state index in [0.717, 1.165) is 47.9 Å². The molecule has 0 aromatic carbocycles. The number of methoxy groups -OCH3 is 1. The molecule has 5 rings (SSSR count). The average molecular weight is 390 g/mol. The van der Waals surface area contributed by atoms with Gasteiger partial charge in [-0.25, -0.2) is 4.98 Å². The van der Waals surface area contributed by atoms with Crippen molar-refractivity contribution >= 4 is 5.91 Å².